The average Bonchev–Trinajstić information content (AvgIpc) is 2.78. The summed E-state index contributed by atoms with van der Waals surface area (Å²) in [6.07, 6.45) is 1.83. The summed E-state index contributed by atoms with van der Waals surface area (Å²) in [6.45, 7) is 7.99. The van der Waals surface area contributed by atoms with Crippen molar-refractivity contribution in [3.8, 4) is 0 Å². The summed E-state index contributed by atoms with van der Waals surface area (Å²) in [5.74, 6) is 0.671. The molecule has 0 radical (unpaired) electrons. The maximum atomic E-state index is 13.0. The van der Waals surface area contributed by atoms with Gasteiger partial charge in [-0.25, -0.2) is 9.37 Å². The molecule has 1 aromatic carbocycles. The molecule has 114 valence electrons. The number of pyridine rings is 1. The quantitative estimate of drug-likeness (QED) is 0.772. The van der Waals surface area contributed by atoms with Crippen molar-refractivity contribution in [1.29, 1.82) is 0 Å². The van der Waals surface area contributed by atoms with Crippen LogP contribution in [0.5, 0.6) is 0 Å². The van der Waals surface area contributed by atoms with Crippen molar-refractivity contribution in [2.24, 2.45) is 0 Å². The third-order valence-electron chi connectivity index (χ3n) is 4.23. The van der Waals surface area contributed by atoms with Crippen LogP contribution < -0.4 is 5.32 Å². The Morgan fingerprint density at radius 1 is 1.14 bits per heavy atom. The summed E-state index contributed by atoms with van der Waals surface area (Å²) >= 11 is 0. The minimum atomic E-state index is -0.213. The van der Waals surface area contributed by atoms with E-state index in [1.165, 1.54) is 34.3 Å². The monoisotopic (exact) mass is 297 g/mol. The van der Waals surface area contributed by atoms with E-state index in [2.05, 4.69) is 41.7 Å². The van der Waals surface area contributed by atoms with Gasteiger partial charge in [0.25, 0.3) is 0 Å². The molecule has 0 aliphatic rings. The summed E-state index contributed by atoms with van der Waals surface area (Å²) < 4.78 is 15.3. The predicted octanol–water partition coefficient (Wildman–Crippen LogP) is 4.42. The Balaban J connectivity index is 1.95. The molecule has 0 amide bonds. The summed E-state index contributed by atoms with van der Waals surface area (Å²) in [6, 6.07) is 8.60. The van der Waals surface area contributed by atoms with Crippen molar-refractivity contribution in [2.45, 2.75) is 33.9 Å². The SMILES string of the molecule is CCn1c(C)c(C)c2c(NCc3ccc(F)cc3)nccc21. The number of aryl methyl sites for hydroxylation is 2. The summed E-state index contributed by atoms with van der Waals surface area (Å²) in [5, 5.41) is 4.55. The van der Waals surface area contributed by atoms with Gasteiger partial charge in [0.05, 0.1) is 5.52 Å². The molecular formula is C18H20FN3. The van der Waals surface area contributed by atoms with Crippen LogP contribution in [-0.2, 0) is 13.1 Å². The number of nitrogens with one attached hydrogen (secondary N) is 1. The zero-order valence-electron chi connectivity index (χ0n) is 13.2. The lowest BCUT2D eigenvalue weighted by molar-refractivity contribution is 0.627. The number of rotatable bonds is 4. The highest BCUT2D eigenvalue weighted by Crippen LogP contribution is 2.30. The number of fused-ring (bicyclic) bond motifs is 1. The van der Waals surface area contributed by atoms with Gasteiger partial charge in [0, 0.05) is 30.4 Å². The highest BCUT2D eigenvalue weighted by Gasteiger charge is 2.13. The van der Waals surface area contributed by atoms with Crippen molar-refractivity contribution in [3.63, 3.8) is 0 Å². The Morgan fingerprint density at radius 2 is 1.86 bits per heavy atom. The van der Waals surface area contributed by atoms with E-state index in [1.807, 2.05) is 6.20 Å². The fraction of sp³-hybridized carbons (Fsp3) is 0.278. The van der Waals surface area contributed by atoms with Gasteiger partial charge >= 0.3 is 0 Å². The molecule has 3 nitrogen and oxygen atoms in total. The molecular weight excluding hydrogens is 277 g/mol. The second-order valence-electron chi connectivity index (χ2n) is 5.49. The maximum absolute atomic E-state index is 13.0. The van der Waals surface area contributed by atoms with Gasteiger partial charge in [0.1, 0.15) is 11.6 Å². The van der Waals surface area contributed by atoms with Crippen molar-refractivity contribution < 1.29 is 4.39 Å². The molecule has 0 fully saturated rings. The van der Waals surface area contributed by atoms with Gasteiger partial charge in [0.15, 0.2) is 0 Å². The Bertz CT molecular complexity index is 803. The van der Waals surface area contributed by atoms with Crippen LogP contribution in [0.4, 0.5) is 10.2 Å². The van der Waals surface area contributed by atoms with Gasteiger partial charge in [-0.3, -0.25) is 0 Å². The molecule has 0 saturated carbocycles. The average molecular weight is 297 g/mol. The molecule has 0 saturated heterocycles. The van der Waals surface area contributed by atoms with Gasteiger partial charge in [0.2, 0.25) is 0 Å². The molecule has 3 rings (SSSR count). The number of hydrogen-bond acceptors (Lipinski definition) is 2. The number of hydrogen-bond donors (Lipinski definition) is 1. The van der Waals surface area contributed by atoms with Crippen LogP contribution in [0.3, 0.4) is 0 Å². The molecule has 0 unspecified atom stereocenters. The van der Waals surface area contributed by atoms with Crippen LogP contribution in [0.15, 0.2) is 36.5 Å². The van der Waals surface area contributed by atoms with Crippen LogP contribution in [0, 0.1) is 19.7 Å². The van der Waals surface area contributed by atoms with Crippen molar-refractivity contribution in [2.75, 3.05) is 5.32 Å². The van der Waals surface area contributed by atoms with E-state index in [4.69, 9.17) is 0 Å². The van der Waals surface area contributed by atoms with Crippen LogP contribution in [0.2, 0.25) is 0 Å². The molecule has 0 aliphatic heterocycles. The first-order valence-electron chi connectivity index (χ1n) is 7.54. The lowest BCUT2D eigenvalue weighted by atomic mass is 10.1. The molecule has 1 N–H and O–H groups in total. The second-order valence-corrected chi connectivity index (χ2v) is 5.49. The number of benzene rings is 1. The zero-order valence-corrected chi connectivity index (χ0v) is 13.2. The molecule has 0 aliphatic carbocycles. The van der Waals surface area contributed by atoms with Gasteiger partial charge in [-0.15, -0.1) is 0 Å². The summed E-state index contributed by atoms with van der Waals surface area (Å²) in [4.78, 5) is 4.49. The first-order valence-corrected chi connectivity index (χ1v) is 7.54. The Morgan fingerprint density at radius 3 is 2.55 bits per heavy atom. The number of anilines is 1. The Kier molecular flexibility index (Phi) is 3.84. The van der Waals surface area contributed by atoms with Crippen LogP contribution in [-0.4, -0.2) is 9.55 Å². The van der Waals surface area contributed by atoms with Crippen molar-refractivity contribution in [1.82, 2.24) is 9.55 Å². The van der Waals surface area contributed by atoms with Crippen LogP contribution in [0.1, 0.15) is 23.7 Å². The highest BCUT2D eigenvalue weighted by atomic mass is 19.1. The minimum Gasteiger partial charge on any atom is -0.365 e. The van der Waals surface area contributed by atoms with E-state index in [9.17, 15) is 4.39 Å². The van der Waals surface area contributed by atoms with E-state index in [1.54, 1.807) is 12.1 Å². The standard InChI is InChI=1S/C18H20FN3/c1-4-22-13(3)12(2)17-16(22)9-10-20-18(17)21-11-14-5-7-15(19)8-6-14/h5-10H,4,11H2,1-3H3,(H,20,21). The highest BCUT2D eigenvalue weighted by molar-refractivity contribution is 5.94. The van der Waals surface area contributed by atoms with Gasteiger partial charge < -0.3 is 9.88 Å². The van der Waals surface area contributed by atoms with E-state index < -0.39 is 0 Å². The topological polar surface area (TPSA) is 29.9 Å². The smallest absolute Gasteiger partial charge is 0.135 e. The van der Waals surface area contributed by atoms with E-state index in [0.717, 1.165) is 17.9 Å². The fourth-order valence-corrected chi connectivity index (χ4v) is 2.94. The van der Waals surface area contributed by atoms with Gasteiger partial charge in [-0.2, -0.15) is 0 Å². The fourth-order valence-electron chi connectivity index (χ4n) is 2.94. The normalized spacial score (nSPS) is 11.1. The molecule has 4 heteroatoms. The first-order chi connectivity index (χ1) is 10.6. The van der Waals surface area contributed by atoms with E-state index in [-0.39, 0.29) is 5.82 Å². The maximum Gasteiger partial charge on any atom is 0.135 e. The Hall–Kier alpha value is -2.36. The third kappa shape index (κ3) is 2.45. The molecule has 22 heavy (non-hydrogen) atoms. The molecule has 0 atom stereocenters. The number of aromatic nitrogens is 2. The second kappa shape index (κ2) is 5.79. The van der Waals surface area contributed by atoms with Gasteiger partial charge in [-0.05, 0) is 50.1 Å². The minimum absolute atomic E-state index is 0.213. The van der Waals surface area contributed by atoms with E-state index in [0.29, 0.717) is 6.54 Å². The number of nitrogens with zero attached hydrogens (tertiary/aromatic N) is 2. The van der Waals surface area contributed by atoms with Crippen LogP contribution >= 0.6 is 0 Å². The largest absolute Gasteiger partial charge is 0.365 e. The molecule has 3 aromatic rings. The summed E-state index contributed by atoms with van der Waals surface area (Å²) in [5.41, 5.74) is 4.76. The first kappa shape index (κ1) is 14.6. The predicted molar refractivity (Wildman–Crippen MR) is 88.6 cm³/mol. The van der Waals surface area contributed by atoms with Gasteiger partial charge in [-0.1, -0.05) is 12.1 Å². The van der Waals surface area contributed by atoms with Crippen molar-refractivity contribution >= 4 is 16.7 Å². The lowest BCUT2D eigenvalue weighted by Crippen LogP contribution is -2.02. The van der Waals surface area contributed by atoms with E-state index >= 15 is 0 Å². The lowest BCUT2D eigenvalue weighted by Gasteiger charge is -2.08. The molecule has 0 spiro atoms. The molecule has 2 heterocycles. The molecule has 2 aromatic heterocycles. The van der Waals surface area contributed by atoms with Crippen LogP contribution in [0.25, 0.3) is 10.9 Å². The number of halogens is 1. The Labute approximate surface area is 129 Å². The van der Waals surface area contributed by atoms with Crippen molar-refractivity contribution in [3.05, 3.63) is 59.2 Å². The third-order valence-corrected chi connectivity index (χ3v) is 4.23. The summed E-state index contributed by atoms with van der Waals surface area (Å²) in [7, 11) is 0. The zero-order chi connectivity index (χ0) is 15.7. The molecule has 0 bridgehead atoms.